The molecule has 1 aromatic carbocycles. The van der Waals surface area contributed by atoms with Gasteiger partial charge in [0.15, 0.2) is 0 Å². The van der Waals surface area contributed by atoms with Crippen molar-refractivity contribution in [3.63, 3.8) is 0 Å². The van der Waals surface area contributed by atoms with Gasteiger partial charge >= 0.3 is 0 Å². The van der Waals surface area contributed by atoms with Crippen molar-refractivity contribution in [2.75, 3.05) is 31.6 Å². The van der Waals surface area contributed by atoms with Gasteiger partial charge in [-0.3, -0.25) is 9.69 Å². The summed E-state index contributed by atoms with van der Waals surface area (Å²) in [7, 11) is 0. The second-order valence-electron chi connectivity index (χ2n) is 5.55. The highest BCUT2D eigenvalue weighted by Crippen LogP contribution is 2.17. The molecule has 4 nitrogen and oxygen atoms in total. The van der Waals surface area contributed by atoms with E-state index in [0.29, 0.717) is 13.2 Å². The summed E-state index contributed by atoms with van der Waals surface area (Å²) in [5.74, 6) is 0.845. The maximum absolute atomic E-state index is 12.2. The van der Waals surface area contributed by atoms with Crippen LogP contribution in [0.2, 0.25) is 0 Å². The Hall–Kier alpha value is -1.55. The molecule has 1 aromatic rings. The minimum Gasteiger partial charge on any atom is -0.494 e. The summed E-state index contributed by atoms with van der Waals surface area (Å²) in [6.07, 6.45) is 4.28. The molecule has 4 heteroatoms. The average Bonchev–Trinajstić information content (AvgIpc) is 2.48. The number of nitrogens with zero attached hydrogens (tertiary/aromatic N) is 1. The SMILES string of the molecule is CCCCOc1cccc(NC(=O)CN(CCC)CCC)c1. The zero-order chi connectivity index (χ0) is 16.2. The smallest absolute Gasteiger partial charge is 0.238 e. The van der Waals surface area contributed by atoms with Crippen molar-refractivity contribution in [2.45, 2.75) is 46.5 Å². The first-order valence-electron chi connectivity index (χ1n) is 8.44. The minimum atomic E-state index is 0.0348. The third kappa shape index (κ3) is 7.46. The predicted octanol–water partition coefficient (Wildman–Crippen LogP) is 3.93. The van der Waals surface area contributed by atoms with Crippen LogP contribution in [0.3, 0.4) is 0 Å². The van der Waals surface area contributed by atoms with Gasteiger partial charge in [-0.2, -0.15) is 0 Å². The van der Waals surface area contributed by atoms with E-state index in [1.54, 1.807) is 0 Å². The minimum absolute atomic E-state index is 0.0348. The quantitative estimate of drug-likeness (QED) is 0.630. The topological polar surface area (TPSA) is 41.6 Å². The molecule has 0 saturated carbocycles. The largest absolute Gasteiger partial charge is 0.494 e. The van der Waals surface area contributed by atoms with Gasteiger partial charge < -0.3 is 10.1 Å². The second kappa shape index (κ2) is 11.1. The van der Waals surface area contributed by atoms with Crippen LogP contribution in [0.25, 0.3) is 0 Å². The van der Waals surface area contributed by atoms with E-state index in [0.717, 1.165) is 50.2 Å². The van der Waals surface area contributed by atoms with Crippen molar-refractivity contribution >= 4 is 11.6 Å². The molecule has 0 aromatic heterocycles. The molecular weight excluding hydrogens is 276 g/mol. The number of hydrogen-bond donors (Lipinski definition) is 1. The summed E-state index contributed by atoms with van der Waals surface area (Å²) in [6, 6.07) is 7.62. The Morgan fingerprint density at radius 3 is 2.50 bits per heavy atom. The van der Waals surface area contributed by atoms with Gasteiger partial charge in [0.2, 0.25) is 5.91 Å². The van der Waals surface area contributed by atoms with Gasteiger partial charge in [0.05, 0.1) is 13.2 Å². The zero-order valence-electron chi connectivity index (χ0n) is 14.2. The summed E-state index contributed by atoms with van der Waals surface area (Å²) < 4.78 is 5.67. The third-order valence-electron chi connectivity index (χ3n) is 3.33. The fourth-order valence-corrected chi connectivity index (χ4v) is 2.30. The molecule has 0 saturated heterocycles. The number of hydrogen-bond acceptors (Lipinski definition) is 3. The lowest BCUT2D eigenvalue weighted by Gasteiger charge is -2.20. The Morgan fingerprint density at radius 1 is 1.14 bits per heavy atom. The third-order valence-corrected chi connectivity index (χ3v) is 3.33. The molecule has 0 heterocycles. The highest BCUT2D eigenvalue weighted by molar-refractivity contribution is 5.92. The predicted molar refractivity (Wildman–Crippen MR) is 92.5 cm³/mol. The molecular formula is C18H30N2O2. The number of amides is 1. The molecule has 0 spiro atoms. The Bertz CT molecular complexity index is 429. The standard InChI is InChI=1S/C18H30N2O2/c1-4-7-13-22-17-10-8-9-16(14-17)19-18(21)15-20(11-5-2)12-6-3/h8-10,14H,4-7,11-13,15H2,1-3H3,(H,19,21). The number of rotatable bonds is 11. The monoisotopic (exact) mass is 306 g/mol. The van der Waals surface area contributed by atoms with Gasteiger partial charge in [0.1, 0.15) is 5.75 Å². The summed E-state index contributed by atoms with van der Waals surface area (Å²) in [5.41, 5.74) is 0.798. The first kappa shape index (κ1) is 18.5. The lowest BCUT2D eigenvalue weighted by molar-refractivity contribution is -0.117. The van der Waals surface area contributed by atoms with Crippen LogP contribution in [0.4, 0.5) is 5.69 Å². The Morgan fingerprint density at radius 2 is 1.86 bits per heavy atom. The van der Waals surface area contributed by atoms with Crippen LogP contribution >= 0.6 is 0 Å². The Kier molecular flexibility index (Phi) is 9.31. The summed E-state index contributed by atoms with van der Waals surface area (Å²) in [4.78, 5) is 14.3. The van der Waals surface area contributed by atoms with Gasteiger partial charge in [-0.05, 0) is 44.5 Å². The first-order chi connectivity index (χ1) is 10.7. The van der Waals surface area contributed by atoms with E-state index in [-0.39, 0.29) is 5.91 Å². The van der Waals surface area contributed by atoms with Crippen LogP contribution in [-0.2, 0) is 4.79 Å². The highest BCUT2D eigenvalue weighted by Gasteiger charge is 2.09. The summed E-state index contributed by atoms with van der Waals surface area (Å²) in [5, 5.41) is 2.96. The number of nitrogens with one attached hydrogen (secondary N) is 1. The van der Waals surface area contributed by atoms with Crippen molar-refractivity contribution in [3.8, 4) is 5.75 Å². The maximum atomic E-state index is 12.2. The molecule has 0 unspecified atom stereocenters. The van der Waals surface area contributed by atoms with Gasteiger partial charge in [-0.25, -0.2) is 0 Å². The molecule has 0 aliphatic carbocycles. The van der Waals surface area contributed by atoms with Gasteiger partial charge in [0.25, 0.3) is 0 Å². The van der Waals surface area contributed by atoms with E-state index in [2.05, 4.69) is 31.0 Å². The normalized spacial score (nSPS) is 10.7. The van der Waals surface area contributed by atoms with Crippen molar-refractivity contribution < 1.29 is 9.53 Å². The van der Waals surface area contributed by atoms with Crippen molar-refractivity contribution in [3.05, 3.63) is 24.3 Å². The Labute approximate surface area is 134 Å². The zero-order valence-corrected chi connectivity index (χ0v) is 14.2. The fraction of sp³-hybridized carbons (Fsp3) is 0.611. The maximum Gasteiger partial charge on any atom is 0.238 e. The average molecular weight is 306 g/mol. The molecule has 1 rings (SSSR count). The fourth-order valence-electron chi connectivity index (χ4n) is 2.30. The van der Waals surface area contributed by atoms with E-state index >= 15 is 0 Å². The number of anilines is 1. The highest BCUT2D eigenvalue weighted by atomic mass is 16.5. The number of ether oxygens (including phenoxy) is 1. The lowest BCUT2D eigenvalue weighted by atomic mass is 10.3. The number of carbonyl (C=O) groups is 1. The molecule has 0 bridgehead atoms. The number of benzene rings is 1. The van der Waals surface area contributed by atoms with Crippen LogP contribution < -0.4 is 10.1 Å². The molecule has 0 fully saturated rings. The number of carbonyl (C=O) groups excluding carboxylic acids is 1. The molecule has 1 N–H and O–H groups in total. The second-order valence-corrected chi connectivity index (χ2v) is 5.55. The molecule has 22 heavy (non-hydrogen) atoms. The lowest BCUT2D eigenvalue weighted by Crippen LogP contribution is -2.34. The molecule has 0 aliphatic rings. The number of unbranched alkanes of at least 4 members (excludes halogenated alkanes) is 1. The van der Waals surface area contributed by atoms with E-state index < -0.39 is 0 Å². The van der Waals surface area contributed by atoms with Crippen molar-refractivity contribution in [1.29, 1.82) is 0 Å². The van der Waals surface area contributed by atoms with Gasteiger partial charge in [-0.1, -0.05) is 33.3 Å². The van der Waals surface area contributed by atoms with Crippen LogP contribution in [0.5, 0.6) is 5.75 Å². The van der Waals surface area contributed by atoms with Crippen molar-refractivity contribution in [2.24, 2.45) is 0 Å². The van der Waals surface area contributed by atoms with Gasteiger partial charge in [0, 0.05) is 11.8 Å². The Balaban J connectivity index is 2.50. The van der Waals surface area contributed by atoms with E-state index in [4.69, 9.17) is 4.74 Å². The van der Waals surface area contributed by atoms with E-state index in [1.165, 1.54) is 0 Å². The molecule has 0 aliphatic heterocycles. The van der Waals surface area contributed by atoms with E-state index in [9.17, 15) is 4.79 Å². The van der Waals surface area contributed by atoms with E-state index in [1.807, 2.05) is 24.3 Å². The van der Waals surface area contributed by atoms with Gasteiger partial charge in [-0.15, -0.1) is 0 Å². The molecule has 0 radical (unpaired) electrons. The summed E-state index contributed by atoms with van der Waals surface area (Å²) in [6.45, 7) is 9.49. The summed E-state index contributed by atoms with van der Waals surface area (Å²) >= 11 is 0. The van der Waals surface area contributed by atoms with Crippen LogP contribution in [0, 0.1) is 0 Å². The first-order valence-corrected chi connectivity index (χ1v) is 8.44. The molecule has 0 atom stereocenters. The van der Waals surface area contributed by atoms with Crippen molar-refractivity contribution in [1.82, 2.24) is 4.90 Å². The van der Waals surface area contributed by atoms with Crippen LogP contribution in [-0.4, -0.2) is 37.0 Å². The molecule has 1 amide bonds. The van der Waals surface area contributed by atoms with Crippen LogP contribution in [0.15, 0.2) is 24.3 Å². The molecule has 124 valence electrons. The van der Waals surface area contributed by atoms with Crippen LogP contribution in [0.1, 0.15) is 46.5 Å².